The number of benzene rings is 1. The van der Waals surface area contributed by atoms with Crippen LogP contribution in [0.5, 0.6) is 0 Å². The second-order valence-corrected chi connectivity index (χ2v) is 6.50. The molecule has 2 aromatic rings. The minimum Gasteiger partial charge on any atom is -0.322 e. The molecule has 4 nitrogen and oxygen atoms in total. The van der Waals surface area contributed by atoms with E-state index in [0.29, 0.717) is 13.1 Å². The lowest BCUT2D eigenvalue weighted by molar-refractivity contribution is 0.546. The fourth-order valence-electron chi connectivity index (χ4n) is 2.38. The molecule has 0 aliphatic carbocycles. The lowest BCUT2D eigenvalue weighted by Crippen LogP contribution is -2.28. The first kappa shape index (κ1) is 15.6. The summed E-state index contributed by atoms with van der Waals surface area (Å²) in [7, 11) is 0. The Morgan fingerprint density at radius 3 is 2.14 bits per heavy atom. The first-order valence-electron chi connectivity index (χ1n) is 7.44. The van der Waals surface area contributed by atoms with Crippen LogP contribution in [0.4, 0.5) is 0 Å². The Kier molecular flexibility index (Phi) is 4.37. The highest BCUT2D eigenvalue weighted by atomic mass is 16.1. The molecule has 2 N–H and O–H groups in total. The third-order valence-electron chi connectivity index (χ3n) is 3.86. The van der Waals surface area contributed by atoms with Gasteiger partial charge in [0.1, 0.15) is 0 Å². The van der Waals surface area contributed by atoms with Gasteiger partial charge in [-0.2, -0.15) is 0 Å². The monoisotopic (exact) mass is 287 g/mol. The van der Waals surface area contributed by atoms with E-state index in [4.69, 9.17) is 5.73 Å². The molecule has 1 aromatic heterocycles. The van der Waals surface area contributed by atoms with Gasteiger partial charge in [-0.15, -0.1) is 0 Å². The molecule has 0 fully saturated rings. The molecule has 21 heavy (non-hydrogen) atoms. The highest BCUT2D eigenvalue weighted by Gasteiger charge is 2.15. The van der Waals surface area contributed by atoms with Crippen LogP contribution in [0.3, 0.4) is 0 Å². The van der Waals surface area contributed by atoms with Crippen LogP contribution >= 0.6 is 0 Å². The molecule has 2 rings (SSSR count). The van der Waals surface area contributed by atoms with Crippen molar-refractivity contribution in [2.24, 2.45) is 5.73 Å². The molecule has 0 radical (unpaired) electrons. The topological polar surface area (TPSA) is 52.9 Å². The van der Waals surface area contributed by atoms with Gasteiger partial charge in [-0.25, -0.2) is 4.79 Å². The van der Waals surface area contributed by atoms with E-state index in [1.807, 2.05) is 6.92 Å². The summed E-state index contributed by atoms with van der Waals surface area (Å²) < 4.78 is 3.35. The molecule has 1 aromatic carbocycles. The number of nitrogens with two attached hydrogens (primary N) is 1. The number of aryl methyl sites for hydroxylation is 1. The van der Waals surface area contributed by atoms with Gasteiger partial charge < -0.3 is 5.73 Å². The molecule has 0 aliphatic rings. The normalized spacial score (nSPS) is 13.4. The summed E-state index contributed by atoms with van der Waals surface area (Å²) in [5.41, 5.74) is 8.71. The Morgan fingerprint density at radius 1 is 1.10 bits per heavy atom. The zero-order valence-electron chi connectivity index (χ0n) is 13.3. The molecule has 0 saturated heterocycles. The fourth-order valence-corrected chi connectivity index (χ4v) is 2.38. The van der Waals surface area contributed by atoms with Gasteiger partial charge in [-0.3, -0.25) is 9.13 Å². The number of rotatable bonds is 4. The van der Waals surface area contributed by atoms with E-state index in [2.05, 4.69) is 45.0 Å². The van der Waals surface area contributed by atoms with E-state index in [1.54, 1.807) is 21.5 Å². The van der Waals surface area contributed by atoms with Crippen LogP contribution in [0.2, 0.25) is 0 Å². The van der Waals surface area contributed by atoms with Crippen LogP contribution in [-0.4, -0.2) is 9.13 Å². The summed E-state index contributed by atoms with van der Waals surface area (Å²) in [6.45, 7) is 9.71. The number of imidazole rings is 1. The predicted octanol–water partition coefficient (Wildman–Crippen LogP) is 2.67. The highest BCUT2D eigenvalue weighted by molar-refractivity contribution is 5.29. The van der Waals surface area contributed by atoms with Crippen molar-refractivity contribution in [3.63, 3.8) is 0 Å². The number of hydrogen-bond donors (Lipinski definition) is 1. The molecule has 1 heterocycles. The van der Waals surface area contributed by atoms with E-state index >= 15 is 0 Å². The predicted molar refractivity (Wildman–Crippen MR) is 86.4 cm³/mol. The van der Waals surface area contributed by atoms with Gasteiger partial charge in [0, 0.05) is 31.5 Å². The summed E-state index contributed by atoms with van der Waals surface area (Å²) in [5.74, 6) is 0. The van der Waals surface area contributed by atoms with E-state index in [-0.39, 0.29) is 17.1 Å². The third kappa shape index (κ3) is 3.45. The second-order valence-electron chi connectivity index (χ2n) is 6.50. The molecule has 1 atom stereocenters. The van der Waals surface area contributed by atoms with Crippen LogP contribution < -0.4 is 11.4 Å². The zero-order chi connectivity index (χ0) is 15.6. The highest BCUT2D eigenvalue weighted by Crippen LogP contribution is 2.23. The fraction of sp³-hybridized carbons (Fsp3) is 0.471. The summed E-state index contributed by atoms with van der Waals surface area (Å²) in [4.78, 5) is 12.0. The second kappa shape index (κ2) is 5.90. The SMILES string of the molecule is CCn1ccn(CC(N)c2ccc(C(C)(C)C)cc2)c1=O. The minimum absolute atomic E-state index is 0.000684. The third-order valence-corrected chi connectivity index (χ3v) is 3.86. The number of hydrogen-bond acceptors (Lipinski definition) is 2. The zero-order valence-corrected chi connectivity index (χ0v) is 13.3. The van der Waals surface area contributed by atoms with Crippen molar-refractivity contribution in [3.8, 4) is 0 Å². The standard InChI is InChI=1S/C17H25N3O/c1-5-19-10-11-20(16(19)21)12-15(18)13-6-8-14(9-7-13)17(2,3)4/h6-11,15H,5,12,18H2,1-4H3. The molecule has 0 saturated carbocycles. The average molecular weight is 287 g/mol. The van der Waals surface area contributed by atoms with E-state index < -0.39 is 0 Å². The Balaban J connectivity index is 2.15. The molecular formula is C17H25N3O. The maximum absolute atomic E-state index is 12.0. The summed E-state index contributed by atoms with van der Waals surface area (Å²) in [6.07, 6.45) is 3.60. The summed E-state index contributed by atoms with van der Waals surface area (Å²) >= 11 is 0. The van der Waals surface area contributed by atoms with Crippen LogP contribution in [0, 0.1) is 0 Å². The Bertz CT molecular complexity index is 644. The van der Waals surface area contributed by atoms with Gasteiger partial charge in [0.2, 0.25) is 0 Å². The Morgan fingerprint density at radius 2 is 1.67 bits per heavy atom. The molecule has 0 aliphatic heterocycles. The van der Waals surface area contributed by atoms with Gasteiger partial charge in [0.15, 0.2) is 0 Å². The Labute approximate surface area is 126 Å². The molecular weight excluding hydrogens is 262 g/mol. The Hall–Kier alpha value is -1.81. The van der Waals surface area contributed by atoms with Crippen molar-refractivity contribution in [2.45, 2.75) is 52.2 Å². The number of aromatic nitrogens is 2. The van der Waals surface area contributed by atoms with Crippen LogP contribution in [0.25, 0.3) is 0 Å². The number of nitrogens with zero attached hydrogens (tertiary/aromatic N) is 2. The minimum atomic E-state index is -0.176. The van der Waals surface area contributed by atoms with Crippen LogP contribution in [-0.2, 0) is 18.5 Å². The van der Waals surface area contributed by atoms with Crippen LogP contribution in [0.1, 0.15) is 44.9 Å². The van der Waals surface area contributed by atoms with Gasteiger partial charge in [-0.05, 0) is 23.5 Å². The lowest BCUT2D eigenvalue weighted by Gasteiger charge is -2.20. The van der Waals surface area contributed by atoms with Crippen molar-refractivity contribution in [3.05, 3.63) is 58.3 Å². The van der Waals surface area contributed by atoms with Crippen LogP contribution in [0.15, 0.2) is 41.5 Å². The largest absolute Gasteiger partial charge is 0.328 e. The van der Waals surface area contributed by atoms with Gasteiger partial charge in [-0.1, -0.05) is 45.0 Å². The van der Waals surface area contributed by atoms with E-state index in [9.17, 15) is 4.79 Å². The molecule has 114 valence electrons. The summed E-state index contributed by atoms with van der Waals surface area (Å²) in [5, 5.41) is 0. The quantitative estimate of drug-likeness (QED) is 0.940. The molecule has 0 bridgehead atoms. The average Bonchev–Trinajstić information content (AvgIpc) is 2.79. The molecule has 0 amide bonds. The van der Waals surface area contributed by atoms with Crippen molar-refractivity contribution in [1.82, 2.24) is 9.13 Å². The molecule has 0 spiro atoms. The summed E-state index contributed by atoms with van der Waals surface area (Å²) in [6, 6.07) is 8.19. The van der Waals surface area contributed by atoms with Gasteiger partial charge in [0.25, 0.3) is 0 Å². The molecule has 4 heteroatoms. The van der Waals surface area contributed by atoms with Crippen molar-refractivity contribution in [2.75, 3.05) is 0 Å². The maximum Gasteiger partial charge on any atom is 0.328 e. The maximum atomic E-state index is 12.0. The first-order chi connectivity index (χ1) is 9.82. The van der Waals surface area contributed by atoms with Gasteiger partial charge >= 0.3 is 5.69 Å². The van der Waals surface area contributed by atoms with E-state index in [1.165, 1.54) is 5.56 Å². The van der Waals surface area contributed by atoms with Gasteiger partial charge in [0.05, 0.1) is 0 Å². The smallest absolute Gasteiger partial charge is 0.322 e. The molecule has 1 unspecified atom stereocenters. The van der Waals surface area contributed by atoms with E-state index in [0.717, 1.165) is 5.56 Å². The van der Waals surface area contributed by atoms with Crippen molar-refractivity contribution >= 4 is 0 Å². The van der Waals surface area contributed by atoms with Crippen molar-refractivity contribution in [1.29, 1.82) is 0 Å². The van der Waals surface area contributed by atoms with Crippen molar-refractivity contribution < 1.29 is 0 Å². The first-order valence-corrected chi connectivity index (χ1v) is 7.44. The lowest BCUT2D eigenvalue weighted by atomic mass is 9.86.